The molecule has 0 unspecified atom stereocenters. The zero-order valence-corrected chi connectivity index (χ0v) is 12.1. The van der Waals surface area contributed by atoms with Crippen molar-refractivity contribution in [2.45, 2.75) is 38.8 Å². The first kappa shape index (κ1) is 15.7. The second-order valence-electron chi connectivity index (χ2n) is 5.13. The summed E-state index contributed by atoms with van der Waals surface area (Å²) in [6, 6.07) is 7.42. The minimum atomic E-state index is -0.424. The molecular formula is C15H25N3O. The second kappa shape index (κ2) is 7.92. The van der Waals surface area contributed by atoms with E-state index in [1.807, 2.05) is 38.4 Å². The van der Waals surface area contributed by atoms with Gasteiger partial charge in [-0.25, -0.2) is 0 Å². The van der Waals surface area contributed by atoms with Gasteiger partial charge in [-0.05, 0) is 32.1 Å². The highest BCUT2D eigenvalue weighted by molar-refractivity contribution is 5.95. The number of nitrogens with two attached hydrogens (primary N) is 1. The van der Waals surface area contributed by atoms with Gasteiger partial charge in [-0.1, -0.05) is 38.0 Å². The molecular weight excluding hydrogens is 238 g/mol. The van der Waals surface area contributed by atoms with Crippen molar-refractivity contribution in [3.63, 3.8) is 0 Å². The lowest BCUT2D eigenvalue weighted by Gasteiger charge is -2.17. The first-order valence-electron chi connectivity index (χ1n) is 6.83. The van der Waals surface area contributed by atoms with E-state index < -0.39 is 6.04 Å². The Kier molecular flexibility index (Phi) is 6.53. The van der Waals surface area contributed by atoms with Gasteiger partial charge in [0.25, 0.3) is 0 Å². The number of benzene rings is 1. The molecule has 0 saturated carbocycles. The molecule has 0 spiro atoms. The number of para-hydroxylation sites is 1. The Morgan fingerprint density at radius 2 is 2.05 bits per heavy atom. The summed E-state index contributed by atoms with van der Waals surface area (Å²) in [6.45, 7) is 2.89. The SMILES string of the molecule is CCCC[C@H](N)C(=O)Nc1ccccc1CN(C)C. The van der Waals surface area contributed by atoms with Gasteiger partial charge >= 0.3 is 0 Å². The maximum Gasteiger partial charge on any atom is 0.241 e. The molecule has 19 heavy (non-hydrogen) atoms. The van der Waals surface area contributed by atoms with Crippen molar-refractivity contribution in [2.75, 3.05) is 19.4 Å². The summed E-state index contributed by atoms with van der Waals surface area (Å²) in [5.41, 5.74) is 7.84. The van der Waals surface area contributed by atoms with Crippen molar-refractivity contribution in [3.05, 3.63) is 29.8 Å². The Hall–Kier alpha value is -1.39. The molecule has 0 heterocycles. The van der Waals surface area contributed by atoms with Crippen molar-refractivity contribution < 1.29 is 4.79 Å². The predicted molar refractivity (Wildman–Crippen MR) is 80.0 cm³/mol. The van der Waals surface area contributed by atoms with E-state index in [0.717, 1.165) is 37.1 Å². The summed E-state index contributed by atoms with van der Waals surface area (Å²) in [4.78, 5) is 14.1. The molecule has 106 valence electrons. The summed E-state index contributed by atoms with van der Waals surface area (Å²) < 4.78 is 0. The van der Waals surface area contributed by atoms with Crippen LogP contribution in [0.4, 0.5) is 5.69 Å². The third-order valence-corrected chi connectivity index (χ3v) is 2.97. The summed E-state index contributed by atoms with van der Waals surface area (Å²) >= 11 is 0. The molecule has 0 aliphatic heterocycles. The van der Waals surface area contributed by atoms with Crippen LogP contribution in [-0.2, 0) is 11.3 Å². The van der Waals surface area contributed by atoms with Crippen LogP contribution in [0.25, 0.3) is 0 Å². The molecule has 0 aliphatic carbocycles. The molecule has 1 atom stereocenters. The third kappa shape index (κ3) is 5.41. The fraction of sp³-hybridized carbons (Fsp3) is 0.533. The fourth-order valence-electron chi connectivity index (χ4n) is 1.90. The topological polar surface area (TPSA) is 58.4 Å². The maximum atomic E-state index is 12.0. The van der Waals surface area contributed by atoms with Gasteiger partial charge in [0.15, 0.2) is 0 Å². The van der Waals surface area contributed by atoms with Gasteiger partial charge in [0.2, 0.25) is 5.91 Å². The van der Waals surface area contributed by atoms with Gasteiger partial charge < -0.3 is 16.0 Å². The Bertz CT molecular complexity index is 404. The Balaban J connectivity index is 2.68. The second-order valence-corrected chi connectivity index (χ2v) is 5.13. The highest BCUT2D eigenvalue weighted by Crippen LogP contribution is 2.16. The molecule has 0 fully saturated rings. The number of carbonyl (C=O) groups excluding carboxylic acids is 1. The largest absolute Gasteiger partial charge is 0.324 e. The third-order valence-electron chi connectivity index (χ3n) is 2.97. The molecule has 0 saturated heterocycles. The van der Waals surface area contributed by atoms with Crippen LogP contribution in [0.3, 0.4) is 0 Å². The van der Waals surface area contributed by atoms with Crippen LogP contribution >= 0.6 is 0 Å². The molecule has 0 radical (unpaired) electrons. The van der Waals surface area contributed by atoms with Crippen LogP contribution in [0, 0.1) is 0 Å². The highest BCUT2D eigenvalue weighted by Gasteiger charge is 2.14. The molecule has 1 rings (SSSR count). The number of nitrogens with zero attached hydrogens (tertiary/aromatic N) is 1. The van der Waals surface area contributed by atoms with E-state index in [0.29, 0.717) is 0 Å². The van der Waals surface area contributed by atoms with E-state index in [-0.39, 0.29) is 5.91 Å². The van der Waals surface area contributed by atoms with Gasteiger partial charge in [0.1, 0.15) is 0 Å². The van der Waals surface area contributed by atoms with Gasteiger partial charge in [0.05, 0.1) is 6.04 Å². The molecule has 4 heteroatoms. The standard InChI is InChI=1S/C15H25N3O/c1-4-5-9-13(16)15(19)17-14-10-7-6-8-12(14)11-18(2)3/h6-8,10,13H,4-5,9,11,16H2,1-3H3,(H,17,19)/t13-/m0/s1. The Labute approximate surface area is 116 Å². The smallest absolute Gasteiger partial charge is 0.241 e. The van der Waals surface area contributed by atoms with Crippen molar-refractivity contribution in [1.29, 1.82) is 0 Å². The molecule has 0 bridgehead atoms. The van der Waals surface area contributed by atoms with Crippen molar-refractivity contribution in [3.8, 4) is 0 Å². The summed E-state index contributed by atoms with van der Waals surface area (Å²) in [7, 11) is 4.01. The van der Waals surface area contributed by atoms with Crippen LogP contribution in [0.15, 0.2) is 24.3 Å². The number of hydrogen-bond acceptors (Lipinski definition) is 3. The summed E-state index contributed by atoms with van der Waals surface area (Å²) in [5.74, 6) is -0.0975. The molecule has 4 nitrogen and oxygen atoms in total. The van der Waals surface area contributed by atoms with Crippen LogP contribution in [0.5, 0.6) is 0 Å². The van der Waals surface area contributed by atoms with E-state index in [2.05, 4.69) is 17.1 Å². The van der Waals surface area contributed by atoms with Crippen LogP contribution < -0.4 is 11.1 Å². The maximum absolute atomic E-state index is 12.0. The molecule has 1 aromatic rings. The number of rotatable bonds is 7. The number of unbranched alkanes of at least 4 members (excludes halogenated alkanes) is 1. The van der Waals surface area contributed by atoms with Crippen LogP contribution in [-0.4, -0.2) is 30.9 Å². The summed E-state index contributed by atoms with van der Waals surface area (Å²) in [5, 5.41) is 2.93. The first-order chi connectivity index (χ1) is 9.04. The first-order valence-corrected chi connectivity index (χ1v) is 6.83. The number of anilines is 1. The number of amides is 1. The van der Waals surface area contributed by atoms with E-state index in [1.54, 1.807) is 0 Å². The minimum Gasteiger partial charge on any atom is -0.324 e. The van der Waals surface area contributed by atoms with Gasteiger partial charge in [0, 0.05) is 12.2 Å². The lowest BCUT2D eigenvalue weighted by atomic mass is 10.1. The lowest BCUT2D eigenvalue weighted by molar-refractivity contribution is -0.117. The van der Waals surface area contributed by atoms with E-state index in [1.165, 1.54) is 0 Å². The van der Waals surface area contributed by atoms with Crippen molar-refractivity contribution >= 4 is 11.6 Å². The number of nitrogens with one attached hydrogen (secondary N) is 1. The number of hydrogen-bond donors (Lipinski definition) is 2. The quantitative estimate of drug-likeness (QED) is 0.793. The average Bonchev–Trinajstić information content (AvgIpc) is 2.37. The van der Waals surface area contributed by atoms with E-state index in [9.17, 15) is 4.79 Å². The predicted octanol–water partition coefficient (Wildman–Crippen LogP) is 2.20. The van der Waals surface area contributed by atoms with Crippen LogP contribution in [0.2, 0.25) is 0 Å². The molecule has 3 N–H and O–H groups in total. The highest BCUT2D eigenvalue weighted by atomic mass is 16.2. The Morgan fingerprint density at radius 1 is 1.37 bits per heavy atom. The molecule has 1 aromatic carbocycles. The fourth-order valence-corrected chi connectivity index (χ4v) is 1.90. The van der Waals surface area contributed by atoms with E-state index in [4.69, 9.17) is 5.73 Å². The molecule has 0 aromatic heterocycles. The molecule has 0 aliphatic rings. The monoisotopic (exact) mass is 263 g/mol. The molecule has 1 amide bonds. The lowest BCUT2D eigenvalue weighted by Crippen LogP contribution is -2.35. The van der Waals surface area contributed by atoms with Crippen molar-refractivity contribution in [1.82, 2.24) is 4.90 Å². The normalized spacial score (nSPS) is 12.5. The Morgan fingerprint density at radius 3 is 2.68 bits per heavy atom. The van der Waals surface area contributed by atoms with Gasteiger partial charge in [-0.15, -0.1) is 0 Å². The zero-order chi connectivity index (χ0) is 14.3. The minimum absolute atomic E-state index is 0.0975. The van der Waals surface area contributed by atoms with Crippen LogP contribution in [0.1, 0.15) is 31.7 Å². The van der Waals surface area contributed by atoms with E-state index >= 15 is 0 Å². The van der Waals surface area contributed by atoms with Gasteiger partial charge in [-0.2, -0.15) is 0 Å². The van der Waals surface area contributed by atoms with Crippen molar-refractivity contribution in [2.24, 2.45) is 5.73 Å². The zero-order valence-electron chi connectivity index (χ0n) is 12.1. The summed E-state index contributed by atoms with van der Waals surface area (Å²) in [6.07, 6.45) is 2.77. The average molecular weight is 263 g/mol. The van der Waals surface area contributed by atoms with Gasteiger partial charge in [-0.3, -0.25) is 4.79 Å². The number of carbonyl (C=O) groups is 1.